The molecular weight excluding hydrogens is 346 g/mol. The number of allylic oxidation sites excluding steroid dienone is 3. The van der Waals surface area contributed by atoms with E-state index in [4.69, 9.17) is 4.74 Å². The second kappa shape index (κ2) is 7.41. The lowest BCUT2D eigenvalue weighted by atomic mass is 9.78. The highest BCUT2D eigenvalue weighted by atomic mass is 16.6. The van der Waals surface area contributed by atoms with Gasteiger partial charge in [-0.15, -0.1) is 0 Å². The molecule has 0 spiro atoms. The Kier molecular flexibility index (Phi) is 5.03. The van der Waals surface area contributed by atoms with Crippen LogP contribution in [0, 0.1) is 10.1 Å². The number of non-ortho nitro benzene ring substituents is 1. The van der Waals surface area contributed by atoms with Gasteiger partial charge in [-0.25, -0.2) is 4.79 Å². The Hall–Kier alpha value is -3.48. The lowest BCUT2D eigenvalue weighted by molar-refractivity contribution is -0.384. The van der Waals surface area contributed by atoms with Gasteiger partial charge in [0.05, 0.1) is 17.6 Å². The summed E-state index contributed by atoms with van der Waals surface area (Å²) in [7, 11) is 1.32. The zero-order valence-corrected chi connectivity index (χ0v) is 15.2. The van der Waals surface area contributed by atoms with Gasteiger partial charge in [0, 0.05) is 41.8 Å². The van der Waals surface area contributed by atoms with Crippen LogP contribution in [0.25, 0.3) is 5.57 Å². The smallest absolute Gasteiger partial charge is 0.336 e. The van der Waals surface area contributed by atoms with Gasteiger partial charge >= 0.3 is 5.97 Å². The first-order valence-corrected chi connectivity index (χ1v) is 8.35. The van der Waals surface area contributed by atoms with Gasteiger partial charge < -0.3 is 10.1 Å². The molecular formula is C20H19N3O4. The summed E-state index contributed by atoms with van der Waals surface area (Å²) in [5.41, 5.74) is 4.19. The molecule has 0 saturated carbocycles. The van der Waals surface area contributed by atoms with Crippen LogP contribution in [0.2, 0.25) is 0 Å². The number of methoxy groups -OCH3 is 1. The van der Waals surface area contributed by atoms with Crippen LogP contribution in [0.15, 0.2) is 65.8 Å². The van der Waals surface area contributed by atoms with Crippen molar-refractivity contribution in [1.29, 1.82) is 0 Å². The average molecular weight is 365 g/mol. The summed E-state index contributed by atoms with van der Waals surface area (Å²) in [6.45, 7) is 3.70. The van der Waals surface area contributed by atoms with Crippen molar-refractivity contribution in [3.05, 3.63) is 87.0 Å². The molecule has 0 amide bonds. The third-order valence-corrected chi connectivity index (χ3v) is 4.55. The molecule has 0 bridgehead atoms. The zero-order chi connectivity index (χ0) is 19.6. The molecule has 1 aliphatic heterocycles. The largest absolute Gasteiger partial charge is 0.466 e. The number of carbonyl (C=O) groups excluding carboxylic acids is 1. The molecule has 1 aromatic carbocycles. The SMILES string of the molecule is COC(=O)C1=C(C)NC(C)=C(c2cccnc2)C1c1cccc([N+](=O)[O-])c1. The molecule has 2 aromatic rings. The fourth-order valence-electron chi connectivity index (χ4n) is 3.43. The van der Waals surface area contributed by atoms with E-state index in [9.17, 15) is 14.9 Å². The number of hydrogen-bond donors (Lipinski definition) is 1. The second-order valence-corrected chi connectivity index (χ2v) is 6.22. The maximum absolute atomic E-state index is 12.6. The van der Waals surface area contributed by atoms with Gasteiger partial charge in [-0.05, 0) is 36.6 Å². The molecule has 7 heteroatoms. The van der Waals surface area contributed by atoms with Crippen molar-refractivity contribution < 1.29 is 14.5 Å². The normalized spacial score (nSPS) is 16.8. The van der Waals surface area contributed by atoms with Gasteiger partial charge in [0.15, 0.2) is 0 Å². The van der Waals surface area contributed by atoms with Gasteiger partial charge in [0.1, 0.15) is 0 Å². The molecule has 0 fully saturated rings. The van der Waals surface area contributed by atoms with Gasteiger partial charge in [0.2, 0.25) is 0 Å². The van der Waals surface area contributed by atoms with E-state index in [1.165, 1.54) is 19.2 Å². The standard InChI is InChI=1S/C20H19N3O4/c1-12-17(15-7-5-9-21-11-15)19(18(13(2)22-12)20(24)27-3)14-6-4-8-16(10-14)23(25)26/h4-11,19,22H,1-3H3. The van der Waals surface area contributed by atoms with Gasteiger partial charge in [0.25, 0.3) is 5.69 Å². The highest BCUT2D eigenvalue weighted by Crippen LogP contribution is 2.44. The molecule has 2 heterocycles. The van der Waals surface area contributed by atoms with Crippen LogP contribution in [0.4, 0.5) is 5.69 Å². The van der Waals surface area contributed by atoms with Crippen molar-refractivity contribution in [3.63, 3.8) is 0 Å². The molecule has 1 aromatic heterocycles. The minimum Gasteiger partial charge on any atom is -0.466 e. The first-order chi connectivity index (χ1) is 12.9. The first-order valence-electron chi connectivity index (χ1n) is 8.35. The second-order valence-electron chi connectivity index (χ2n) is 6.22. The highest BCUT2D eigenvalue weighted by molar-refractivity contribution is 5.97. The van der Waals surface area contributed by atoms with Crippen LogP contribution >= 0.6 is 0 Å². The number of hydrogen-bond acceptors (Lipinski definition) is 6. The lowest BCUT2D eigenvalue weighted by Gasteiger charge is -2.31. The van der Waals surface area contributed by atoms with Crippen molar-refractivity contribution in [2.75, 3.05) is 7.11 Å². The van der Waals surface area contributed by atoms with Crippen molar-refractivity contribution in [3.8, 4) is 0 Å². The number of ether oxygens (including phenoxy) is 1. The van der Waals surface area contributed by atoms with Crippen molar-refractivity contribution in [2.45, 2.75) is 19.8 Å². The molecule has 7 nitrogen and oxygen atoms in total. The Bertz CT molecular complexity index is 964. The molecule has 0 saturated heterocycles. The van der Waals surface area contributed by atoms with E-state index >= 15 is 0 Å². The van der Waals surface area contributed by atoms with Crippen LogP contribution in [-0.4, -0.2) is 23.0 Å². The monoisotopic (exact) mass is 365 g/mol. The predicted octanol–water partition coefficient (Wildman–Crippen LogP) is 3.55. The number of nitrogens with zero attached hydrogens (tertiary/aromatic N) is 2. The van der Waals surface area contributed by atoms with E-state index in [2.05, 4.69) is 10.3 Å². The third kappa shape index (κ3) is 3.44. The maximum Gasteiger partial charge on any atom is 0.336 e. The van der Waals surface area contributed by atoms with Crippen molar-refractivity contribution >= 4 is 17.2 Å². The topological polar surface area (TPSA) is 94.4 Å². The molecule has 1 aliphatic rings. The summed E-state index contributed by atoms with van der Waals surface area (Å²) in [6.07, 6.45) is 3.38. The highest BCUT2D eigenvalue weighted by Gasteiger charge is 2.35. The minimum atomic E-state index is -0.511. The Morgan fingerprint density at radius 2 is 2.00 bits per heavy atom. The fraction of sp³-hybridized carbons (Fsp3) is 0.200. The predicted molar refractivity (Wildman–Crippen MR) is 101 cm³/mol. The van der Waals surface area contributed by atoms with Crippen LogP contribution in [-0.2, 0) is 9.53 Å². The Morgan fingerprint density at radius 3 is 2.63 bits per heavy atom. The molecule has 27 heavy (non-hydrogen) atoms. The van der Waals surface area contributed by atoms with E-state index < -0.39 is 16.8 Å². The van der Waals surface area contributed by atoms with Gasteiger partial charge in [-0.1, -0.05) is 18.2 Å². The third-order valence-electron chi connectivity index (χ3n) is 4.55. The van der Waals surface area contributed by atoms with Crippen molar-refractivity contribution in [2.24, 2.45) is 0 Å². The van der Waals surface area contributed by atoms with E-state index in [1.807, 2.05) is 19.1 Å². The number of carbonyl (C=O) groups is 1. The number of nitro groups is 1. The number of aromatic nitrogens is 1. The Labute approximate surface area is 156 Å². The quantitative estimate of drug-likeness (QED) is 0.506. The Morgan fingerprint density at radius 1 is 1.22 bits per heavy atom. The number of dihydropyridines is 1. The number of rotatable bonds is 4. The molecule has 1 atom stereocenters. The summed E-state index contributed by atoms with van der Waals surface area (Å²) in [6, 6.07) is 10.0. The molecule has 1 unspecified atom stereocenters. The number of nitro benzene ring substituents is 1. The lowest BCUT2D eigenvalue weighted by Crippen LogP contribution is -2.28. The summed E-state index contributed by atoms with van der Waals surface area (Å²) < 4.78 is 5.00. The average Bonchev–Trinajstić information content (AvgIpc) is 2.67. The maximum atomic E-state index is 12.6. The van der Waals surface area contributed by atoms with Crippen LogP contribution in [0.3, 0.4) is 0 Å². The minimum absolute atomic E-state index is 0.0314. The number of esters is 1. The van der Waals surface area contributed by atoms with Gasteiger partial charge in [-0.3, -0.25) is 15.1 Å². The van der Waals surface area contributed by atoms with Crippen LogP contribution in [0.1, 0.15) is 30.9 Å². The molecule has 0 aliphatic carbocycles. The molecule has 0 radical (unpaired) electrons. The van der Waals surface area contributed by atoms with Crippen LogP contribution in [0.5, 0.6) is 0 Å². The number of benzene rings is 1. The van der Waals surface area contributed by atoms with E-state index in [0.717, 1.165) is 16.8 Å². The summed E-state index contributed by atoms with van der Waals surface area (Å²) in [4.78, 5) is 27.6. The van der Waals surface area contributed by atoms with E-state index in [1.54, 1.807) is 31.5 Å². The number of pyridine rings is 1. The number of nitrogens with one attached hydrogen (secondary N) is 1. The zero-order valence-electron chi connectivity index (χ0n) is 15.2. The summed E-state index contributed by atoms with van der Waals surface area (Å²) in [5, 5.41) is 14.5. The first kappa shape index (κ1) is 18.3. The Balaban J connectivity index is 2.26. The van der Waals surface area contributed by atoms with E-state index in [0.29, 0.717) is 16.8 Å². The van der Waals surface area contributed by atoms with Crippen LogP contribution < -0.4 is 5.32 Å². The van der Waals surface area contributed by atoms with Gasteiger partial charge in [-0.2, -0.15) is 0 Å². The summed E-state index contributed by atoms with van der Waals surface area (Å²) in [5.74, 6) is -0.992. The van der Waals surface area contributed by atoms with E-state index in [-0.39, 0.29) is 5.69 Å². The fourth-order valence-corrected chi connectivity index (χ4v) is 3.43. The molecule has 3 rings (SSSR count). The molecule has 1 N–H and O–H groups in total. The van der Waals surface area contributed by atoms with Crippen molar-refractivity contribution in [1.82, 2.24) is 10.3 Å². The molecule has 138 valence electrons. The summed E-state index contributed by atoms with van der Waals surface area (Å²) >= 11 is 0.